The van der Waals surface area contributed by atoms with Crippen molar-refractivity contribution in [2.45, 2.75) is 0 Å². The number of hydrogen-bond donors (Lipinski definition) is 0. The molecular formula is C9H7ClN2O2. The molecule has 0 aliphatic heterocycles. The summed E-state index contributed by atoms with van der Waals surface area (Å²) < 4.78 is 6.26. The van der Waals surface area contributed by atoms with Crippen LogP contribution < -0.4 is 0 Å². The van der Waals surface area contributed by atoms with E-state index in [2.05, 4.69) is 9.72 Å². The summed E-state index contributed by atoms with van der Waals surface area (Å²) in [5.41, 5.74) is 1.17. The standard InChI is InChI=1S/C9H7ClN2O2/c1-14-9(13)6-2-7(10)8-3-11-5-12(8)4-6/h2-5H,1H3. The van der Waals surface area contributed by atoms with Gasteiger partial charge in [-0.2, -0.15) is 0 Å². The molecule has 0 aliphatic carbocycles. The number of rotatable bonds is 1. The Morgan fingerprint density at radius 1 is 1.64 bits per heavy atom. The summed E-state index contributed by atoms with van der Waals surface area (Å²) >= 11 is 5.94. The highest BCUT2D eigenvalue weighted by atomic mass is 35.5. The van der Waals surface area contributed by atoms with Crippen LogP contribution in [0.15, 0.2) is 24.8 Å². The third kappa shape index (κ3) is 1.33. The van der Waals surface area contributed by atoms with Gasteiger partial charge in [-0.25, -0.2) is 9.78 Å². The van der Waals surface area contributed by atoms with Crippen LogP contribution >= 0.6 is 11.6 Å². The third-order valence-electron chi connectivity index (χ3n) is 1.89. The van der Waals surface area contributed by atoms with E-state index in [9.17, 15) is 4.79 Å². The quantitative estimate of drug-likeness (QED) is 0.674. The lowest BCUT2D eigenvalue weighted by Crippen LogP contribution is -2.02. The van der Waals surface area contributed by atoms with Crippen LogP contribution in [-0.4, -0.2) is 22.5 Å². The van der Waals surface area contributed by atoms with Gasteiger partial charge >= 0.3 is 5.97 Å². The van der Waals surface area contributed by atoms with E-state index in [1.54, 1.807) is 29.2 Å². The molecule has 72 valence electrons. The molecule has 2 rings (SSSR count). The molecule has 0 unspecified atom stereocenters. The van der Waals surface area contributed by atoms with Crippen molar-refractivity contribution >= 4 is 23.1 Å². The maximum atomic E-state index is 11.2. The van der Waals surface area contributed by atoms with Crippen LogP contribution in [-0.2, 0) is 4.74 Å². The number of esters is 1. The number of ether oxygens (including phenoxy) is 1. The zero-order valence-corrected chi connectivity index (χ0v) is 8.15. The van der Waals surface area contributed by atoms with Crippen molar-refractivity contribution in [1.82, 2.24) is 9.38 Å². The van der Waals surface area contributed by atoms with Gasteiger partial charge in [0.2, 0.25) is 0 Å². The molecular weight excluding hydrogens is 204 g/mol. The van der Waals surface area contributed by atoms with Crippen molar-refractivity contribution in [3.8, 4) is 0 Å². The average molecular weight is 211 g/mol. The molecule has 4 nitrogen and oxygen atoms in total. The van der Waals surface area contributed by atoms with E-state index in [4.69, 9.17) is 11.6 Å². The zero-order valence-electron chi connectivity index (χ0n) is 7.40. The van der Waals surface area contributed by atoms with Gasteiger partial charge in [0.15, 0.2) is 0 Å². The fraction of sp³-hybridized carbons (Fsp3) is 0.111. The molecule has 2 heterocycles. The largest absolute Gasteiger partial charge is 0.465 e. The van der Waals surface area contributed by atoms with Gasteiger partial charge in [0.25, 0.3) is 0 Å². The number of fused-ring (bicyclic) bond motifs is 1. The van der Waals surface area contributed by atoms with Crippen LogP contribution in [0.1, 0.15) is 10.4 Å². The first kappa shape index (κ1) is 9.02. The van der Waals surface area contributed by atoms with Crippen LogP contribution in [0.5, 0.6) is 0 Å². The Bertz CT molecular complexity index is 493. The topological polar surface area (TPSA) is 43.6 Å². The summed E-state index contributed by atoms with van der Waals surface area (Å²) in [6.45, 7) is 0. The first-order valence-corrected chi connectivity index (χ1v) is 4.29. The molecule has 0 bridgehead atoms. The fourth-order valence-corrected chi connectivity index (χ4v) is 1.48. The van der Waals surface area contributed by atoms with Crippen molar-refractivity contribution in [3.05, 3.63) is 35.4 Å². The number of pyridine rings is 1. The van der Waals surface area contributed by atoms with Gasteiger partial charge in [-0.3, -0.25) is 0 Å². The monoisotopic (exact) mass is 210 g/mol. The Labute approximate surface area is 85.1 Å². The van der Waals surface area contributed by atoms with E-state index >= 15 is 0 Å². The lowest BCUT2D eigenvalue weighted by Gasteiger charge is -2.01. The highest BCUT2D eigenvalue weighted by molar-refractivity contribution is 6.34. The lowest BCUT2D eigenvalue weighted by atomic mass is 10.3. The summed E-state index contributed by atoms with van der Waals surface area (Å²) in [7, 11) is 1.33. The van der Waals surface area contributed by atoms with Crippen LogP contribution in [0, 0.1) is 0 Å². The van der Waals surface area contributed by atoms with E-state index in [1.165, 1.54) is 7.11 Å². The molecule has 2 aromatic heterocycles. The number of carbonyl (C=O) groups excluding carboxylic acids is 1. The summed E-state index contributed by atoms with van der Waals surface area (Å²) in [6.07, 6.45) is 4.83. The Kier molecular flexibility index (Phi) is 2.13. The minimum Gasteiger partial charge on any atom is -0.465 e. The molecule has 14 heavy (non-hydrogen) atoms. The number of imidazole rings is 1. The maximum absolute atomic E-state index is 11.2. The predicted molar refractivity (Wildman–Crippen MR) is 51.5 cm³/mol. The Morgan fingerprint density at radius 3 is 3.14 bits per heavy atom. The fourth-order valence-electron chi connectivity index (χ4n) is 1.22. The minimum absolute atomic E-state index is 0.406. The summed E-state index contributed by atoms with van der Waals surface area (Å²) in [5, 5.41) is 0.477. The smallest absolute Gasteiger partial charge is 0.339 e. The van der Waals surface area contributed by atoms with Crippen molar-refractivity contribution in [2.75, 3.05) is 7.11 Å². The van der Waals surface area contributed by atoms with Gasteiger partial charge in [-0.05, 0) is 6.07 Å². The molecule has 0 saturated heterocycles. The molecule has 0 aromatic carbocycles. The van der Waals surface area contributed by atoms with Crippen LogP contribution in [0.4, 0.5) is 0 Å². The van der Waals surface area contributed by atoms with Crippen LogP contribution in [0.3, 0.4) is 0 Å². The van der Waals surface area contributed by atoms with Gasteiger partial charge < -0.3 is 9.14 Å². The lowest BCUT2D eigenvalue weighted by molar-refractivity contribution is 0.0600. The predicted octanol–water partition coefficient (Wildman–Crippen LogP) is 1.77. The van der Waals surface area contributed by atoms with E-state index in [-0.39, 0.29) is 0 Å². The maximum Gasteiger partial charge on any atom is 0.339 e. The first-order valence-electron chi connectivity index (χ1n) is 3.92. The van der Waals surface area contributed by atoms with Crippen molar-refractivity contribution in [1.29, 1.82) is 0 Å². The van der Waals surface area contributed by atoms with Gasteiger partial charge in [0.1, 0.15) is 0 Å². The van der Waals surface area contributed by atoms with Gasteiger partial charge in [0, 0.05) is 6.20 Å². The summed E-state index contributed by atoms with van der Waals surface area (Å²) in [6, 6.07) is 1.56. The Morgan fingerprint density at radius 2 is 2.43 bits per heavy atom. The zero-order chi connectivity index (χ0) is 10.1. The number of aromatic nitrogens is 2. The summed E-state index contributed by atoms with van der Waals surface area (Å²) in [5.74, 6) is -0.414. The molecule has 0 saturated carbocycles. The van der Waals surface area contributed by atoms with Gasteiger partial charge in [-0.15, -0.1) is 0 Å². The average Bonchev–Trinajstić information content (AvgIpc) is 2.64. The van der Waals surface area contributed by atoms with Crippen molar-refractivity contribution in [2.24, 2.45) is 0 Å². The Balaban J connectivity index is 2.64. The number of hydrogen-bond acceptors (Lipinski definition) is 3. The van der Waals surface area contributed by atoms with Crippen molar-refractivity contribution in [3.63, 3.8) is 0 Å². The number of nitrogens with zero attached hydrogens (tertiary/aromatic N) is 2. The highest BCUT2D eigenvalue weighted by Crippen LogP contribution is 2.18. The van der Waals surface area contributed by atoms with Gasteiger partial charge in [-0.1, -0.05) is 11.6 Å². The van der Waals surface area contributed by atoms with Gasteiger partial charge in [0.05, 0.1) is 35.7 Å². The van der Waals surface area contributed by atoms with Crippen LogP contribution in [0.25, 0.3) is 5.52 Å². The van der Waals surface area contributed by atoms with E-state index in [0.29, 0.717) is 10.6 Å². The minimum atomic E-state index is -0.414. The second-order valence-corrected chi connectivity index (χ2v) is 3.16. The second kappa shape index (κ2) is 3.31. The molecule has 0 fully saturated rings. The first-order chi connectivity index (χ1) is 6.72. The Hall–Kier alpha value is -1.55. The summed E-state index contributed by atoms with van der Waals surface area (Å²) in [4.78, 5) is 15.1. The molecule has 0 amide bonds. The molecule has 0 N–H and O–H groups in total. The second-order valence-electron chi connectivity index (χ2n) is 2.75. The SMILES string of the molecule is COC(=O)c1cc(Cl)c2cncn2c1. The number of methoxy groups -OCH3 is 1. The normalized spacial score (nSPS) is 10.4. The molecule has 0 aliphatic rings. The number of halogens is 1. The molecule has 0 spiro atoms. The van der Waals surface area contributed by atoms with Crippen molar-refractivity contribution < 1.29 is 9.53 Å². The van der Waals surface area contributed by atoms with E-state index < -0.39 is 5.97 Å². The van der Waals surface area contributed by atoms with Crippen LogP contribution in [0.2, 0.25) is 5.02 Å². The molecule has 0 radical (unpaired) electrons. The third-order valence-corrected chi connectivity index (χ3v) is 2.19. The highest BCUT2D eigenvalue weighted by Gasteiger charge is 2.09. The molecule has 5 heteroatoms. The van der Waals surface area contributed by atoms with E-state index in [0.717, 1.165) is 5.52 Å². The van der Waals surface area contributed by atoms with E-state index in [1.807, 2.05) is 0 Å². The molecule has 0 atom stereocenters. The number of carbonyl (C=O) groups is 1. The molecule has 2 aromatic rings.